The summed E-state index contributed by atoms with van der Waals surface area (Å²) in [5.41, 5.74) is 8.70. The Hall–Kier alpha value is -0.780. The molecule has 0 heteroatoms. The van der Waals surface area contributed by atoms with Crippen LogP contribution in [0.5, 0.6) is 0 Å². The summed E-state index contributed by atoms with van der Waals surface area (Å²) in [6.45, 7) is 29.3. The van der Waals surface area contributed by atoms with E-state index in [9.17, 15) is 0 Å². The molecule has 0 radical (unpaired) electrons. The van der Waals surface area contributed by atoms with Crippen LogP contribution in [-0.2, 0) is 6.42 Å². The molecule has 0 saturated heterocycles. The maximum atomic E-state index is 2.52. The Morgan fingerprint density at radius 2 is 1.38 bits per heavy atom. The number of hydrogen-bond donors (Lipinski definition) is 0. The van der Waals surface area contributed by atoms with E-state index in [0.29, 0.717) is 5.92 Å². The number of benzene rings is 1. The molecule has 1 atom stereocenters. The highest BCUT2D eigenvalue weighted by molar-refractivity contribution is 5.50. The molecule has 0 bridgehead atoms. The molecule has 0 saturated carbocycles. The van der Waals surface area contributed by atoms with Crippen LogP contribution >= 0.6 is 0 Å². The molecule has 1 aliphatic carbocycles. The summed E-state index contributed by atoms with van der Waals surface area (Å²) in [6, 6.07) is 2.42. The maximum absolute atomic E-state index is 2.52. The molecule has 1 aliphatic rings. The van der Waals surface area contributed by atoms with E-state index < -0.39 is 0 Å². The minimum absolute atomic E-state index is 0.215. The molecule has 0 aliphatic heterocycles. The smallest absolute Gasteiger partial charge is 0.00512 e. The van der Waals surface area contributed by atoms with Gasteiger partial charge in [-0.2, -0.15) is 0 Å². The average molecular weight is 329 g/mol. The fourth-order valence-corrected chi connectivity index (χ4v) is 5.59. The summed E-state index contributed by atoms with van der Waals surface area (Å²) >= 11 is 0. The second-order valence-corrected chi connectivity index (χ2v) is 11.2. The standard InChI is InChI=1S/C24H40/c1-15-13-16(2)19-18(17(15)3)14-22(7,8)24(11,12)23(9,10)20(19)21(4,5)6/h13,20H,14H2,1-12H3. The second-order valence-electron chi connectivity index (χ2n) is 11.2. The molecule has 0 amide bonds. The molecule has 0 aromatic heterocycles. The lowest BCUT2D eigenvalue weighted by Gasteiger charge is -2.56. The lowest BCUT2D eigenvalue weighted by molar-refractivity contribution is -0.0528. The highest BCUT2D eigenvalue weighted by Gasteiger charge is 2.57. The number of hydrogen-bond acceptors (Lipinski definition) is 0. The first-order valence-electron chi connectivity index (χ1n) is 9.65. The molecule has 136 valence electrons. The van der Waals surface area contributed by atoms with Crippen molar-refractivity contribution in [1.82, 2.24) is 0 Å². The lowest BCUT2D eigenvalue weighted by Crippen LogP contribution is -2.49. The third-order valence-corrected chi connectivity index (χ3v) is 8.03. The van der Waals surface area contributed by atoms with Gasteiger partial charge in [-0.1, -0.05) is 68.4 Å². The summed E-state index contributed by atoms with van der Waals surface area (Å²) in [4.78, 5) is 0. The molecule has 1 aromatic rings. The van der Waals surface area contributed by atoms with Gasteiger partial charge in [0.1, 0.15) is 0 Å². The van der Waals surface area contributed by atoms with E-state index in [1.807, 2.05) is 0 Å². The Morgan fingerprint density at radius 1 is 0.875 bits per heavy atom. The molecule has 24 heavy (non-hydrogen) atoms. The predicted molar refractivity (Wildman–Crippen MR) is 108 cm³/mol. The first kappa shape index (κ1) is 19.5. The highest BCUT2D eigenvalue weighted by Crippen LogP contribution is 2.65. The zero-order chi connectivity index (χ0) is 18.9. The van der Waals surface area contributed by atoms with Crippen molar-refractivity contribution in [3.8, 4) is 0 Å². The topological polar surface area (TPSA) is 0 Å². The predicted octanol–water partition coefficient (Wildman–Crippen LogP) is 7.38. The van der Waals surface area contributed by atoms with Gasteiger partial charge in [-0.15, -0.1) is 0 Å². The van der Waals surface area contributed by atoms with E-state index >= 15 is 0 Å². The molecule has 0 spiro atoms. The van der Waals surface area contributed by atoms with Crippen LogP contribution in [0.4, 0.5) is 0 Å². The van der Waals surface area contributed by atoms with Crippen LogP contribution < -0.4 is 0 Å². The third kappa shape index (κ3) is 2.56. The molecule has 0 heterocycles. The largest absolute Gasteiger partial charge is 0.0596 e. The van der Waals surface area contributed by atoms with Crippen molar-refractivity contribution in [2.75, 3.05) is 0 Å². The molecular weight excluding hydrogens is 288 g/mol. The monoisotopic (exact) mass is 328 g/mol. The third-order valence-electron chi connectivity index (χ3n) is 8.03. The first-order chi connectivity index (χ1) is 10.6. The normalized spacial score (nSPS) is 25.1. The van der Waals surface area contributed by atoms with Crippen LogP contribution in [0.15, 0.2) is 6.07 Å². The molecule has 2 rings (SSSR count). The van der Waals surface area contributed by atoms with Crippen LogP contribution in [0.25, 0.3) is 0 Å². The van der Waals surface area contributed by atoms with Crippen LogP contribution in [0.2, 0.25) is 0 Å². The lowest BCUT2D eigenvalue weighted by atomic mass is 9.48. The Kier molecular flexibility index (Phi) is 4.36. The van der Waals surface area contributed by atoms with Crippen molar-refractivity contribution >= 4 is 0 Å². The summed E-state index contributed by atoms with van der Waals surface area (Å²) in [7, 11) is 0. The van der Waals surface area contributed by atoms with E-state index in [4.69, 9.17) is 0 Å². The van der Waals surface area contributed by atoms with Gasteiger partial charge < -0.3 is 0 Å². The van der Waals surface area contributed by atoms with Gasteiger partial charge in [-0.25, -0.2) is 0 Å². The van der Waals surface area contributed by atoms with Gasteiger partial charge in [-0.3, -0.25) is 0 Å². The Morgan fingerprint density at radius 3 is 1.83 bits per heavy atom. The van der Waals surface area contributed by atoms with E-state index in [1.165, 1.54) is 23.1 Å². The van der Waals surface area contributed by atoms with Crippen molar-refractivity contribution in [2.24, 2.45) is 21.7 Å². The number of rotatable bonds is 0. The Labute approximate surface area is 151 Å². The Bertz CT molecular complexity index is 648. The van der Waals surface area contributed by atoms with Gasteiger partial charge in [0.25, 0.3) is 0 Å². The van der Waals surface area contributed by atoms with Gasteiger partial charge in [0.15, 0.2) is 0 Å². The highest BCUT2D eigenvalue weighted by atomic mass is 14.6. The van der Waals surface area contributed by atoms with Crippen LogP contribution in [0.3, 0.4) is 0 Å². The summed E-state index contributed by atoms with van der Waals surface area (Å²) < 4.78 is 0. The summed E-state index contributed by atoms with van der Waals surface area (Å²) in [5.74, 6) is 0.552. The van der Waals surface area contributed by atoms with E-state index in [1.54, 1.807) is 11.1 Å². The minimum Gasteiger partial charge on any atom is -0.0596 e. The van der Waals surface area contributed by atoms with Crippen molar-refractivity contribution in [3.05, 3.63) is 33.9 Å². The Balaban J connectivity index is 2.98. The van der Waals surface area contributed by atoms with Crippen LogP contribution in [-0.4, -0.2) is 0 Å². The second kappa shape index (κ2) is 5.36. The SMILES string of the molecule is Cc1cc(C)c2c(c1C)CC(C)(C)C(C)(C)C(C)(C)C2C(C)(C)C. The summed E-state index contributed by atoms with van der Waals surface area (Å²) in [6.07, 6.45) is 1.18. The molecule has 1 aromatic carbocycles. The van der Waals surface area contributed by atoms with Gasteiger partial charge in [0.2, 0.25) is 0 Å². The van der Waals surface area contributed by atoms with E-state index in [-0.39, 0.29) is 21.7 Å². The van der Waals surface area contributed by atoms with E-state index in [2.05, 4.69) is 89.2 Å². The van der Waals surface area contributed by atoms with Gasteiger partial charge in [-0.05, 0) is 82.6 Å². The van der Waals surface area contributed by atoms with Crippen molar-refractivity contribution in [3.63, 3.8) is 0 Å². The fourth-order valence-electron chi connectivity index (χ4n) is 5.59. The van der Waals surface area contributed by atoms with Crippen LogP contribution in [0, 0.1) is 42.4 Å². The zero-order valence-electron chi connectivity index (χ0n) is 18.4. The fraction of sp³-hybridized carbons (Fsp3) is 0.750. The van der Waals surface area contributed by atoms with Gasteiger partial charge in [0.05, 0.1) is 0 Å². The quantitative estimate of drug-likeness (QED) is 0.436. The average Bonchev–Trinajstić information content (AvgIpc) is 2.41. The first-order valence-corrected chi connectivity index (χ1v) is 9.65. The maximum Gasteiger partial charge on any atom is -0.00512 e. The molecule has 0 nitrogen and oxygen atoms in total. The van der Waals surface area contributed by atoms with Gasteiger partial charge >= 0.3 is 0 Å². The summed E-state index contributed by atoms with van der Waals surface area (Å²) in [5, 5.41) is 0. The molecule has 0 fully saturated rings. The van der Waals surface area contributed by atoms with Crippen molar-refractivity contribution in [2.45, 2.75) is 95.4 Å². The van der Waals surface area contributed by atoms with E-state index in [0.717, 1.165) is 0 Å². The number of aryl methyl sites for hydroxylation is 2. The van der Waals surface area contributed by atoms with Crippen molar-refractivity contribution in [1.29, 1.82) is 0 Å². The number of fused-ring (bicyclic) bond motifs is 1. The molecule has 1 unspecified atom stereocenters. The van der Waals surface area contributed by atoms with Crippen LogP contribution in [0.1, 0.15) is 96.0 Å². The molecular formula is C24H40. The van der Waals surface area contributed by atoms with Gasteiger partial charge in [0, 0.05) is 0 Å². The van der Waals surface area contributed by atoms with Crippen molar-refractivity contribution < 1.29 is 0 Å². The zero-order valence-corrected chi connectivity index (χ0v) is 18.4. The minimum atomic E-state index is 0.215. The molecule has 0 N–H and O–H groups in total.